The van der Waals surface area contributed by atoms with Gasteiger partial charge in [-0.25, -0.2) is 0 Å². The van der Waals surface area contributed by atoms with Gasteiger partial charge < -0.3 is 27.9 Å². The monoisotopic (exact) mass is 1050 g/mol. The Bertz CT molecular complexity index is 1570. The zero-order chi connectivity index (χ0) is 54.2. The highest BCUT2D eigenvalue weighted by atomic mass is 31.2. The third-order valence-electron chi connectivity index (χ3n) is 12.6. The van der Waals surface area contributed by atoms with Crippen LogP contribution in [0.4, 0.5) is 0 Å². The van der Waals surface area contributed by atoms with E-state index in [-0.39, 0.29) is 26.1 Å². The predicted molar refractivity (Wildman–Crippen MR) is 314 cm³/mol. The zero-order valence-corrected chi connectivity index (χ0v) is 49.2. The number of esters is 2. The third kappa shape index (κ3) is 58.2. The maximum atomic E-state index is 12.8. The van der Waals surface area contributed by atoms with E-state index < -0.39 is 32.5 Å². The van der Waals surface area contributed by atoms with E-state index in [4.69, 9.17) is 18.5 Å². The molecule has 0 saturated carbocycles. The van der Waals surface area contributed by atoms with E-state index in [2.05, 4.69) is 111 Å². The minimum Gasteiger partial charge on any atom is -0.756 e. The van der Waals surface area contributed by atoms with E-state index in [1.165, 1.54) is 103 Å². The van der Waals surface area contributed by atoms with Gasteiger partial charge in [-0.2, -0.15) is 0 Å². The first-order valence-electron chi connectivity index (χ1n) is 29.9. The van der Waals surface area contributed by atoms with Crippen LogP contribution in [-0.4, -0.2) is 70.0 Å². The van der Waals surface area contributed by atoms with Crippen LogP contribution >= 0.6 is 7.82 Å². The SMILES string of the molecule is CC/C=C\C/C=C\C/C=C\C/C=C\C/C=C\C/C=C\C/C=C\CCCCCCCCCCCCCCCCCCCC(=O)OC(COC(=O)CCCCCCC/C=C\CCCC)COP(=O)([O-])OCC[N+](C)(C)C. The van der Waals surface area contributed by atoms with Gasteiger partial charge in [0.2, 0.25) is 0 Å². The van der Waals surface area contributed by atoms with Gasteiger partial charge >= 0.3 is 11.9 Å². The lowest BCUT2D eigenvalue weighted by atomic mass is 10.0. The van der Waals surface area contributed by atoms with E-state index in [1.54, 1.807) is 0 Å². The van der Waals surface area contributed by atoms with Crippen LogP contribution in [-0.2, 0) is 32.7 Å². The number of quaternary nitrogens is 1. The molecular weight excluding hydrogens is 942 g/mol. The number of unbranched alkanes of at least 4 members (excludes halogenated alkanes) is 24. The van der Waals surface area contributed by atoms with Crippen LogP contribution in [0.3, 0.4) is 0 Å². The number of hydrogen-bond donors (Lipinski definition) is 0. The molecule has 0 saturated heterocycles. The number of allylic oxidation sites excluding steroid dienone is 16. The summed E-state index contributed by atoms with van der Waals surface area (Å²) in [5.41, 5.74) is 0. The van der Waals surface area contributed by atoms with Crippen LogP contribution in [0.15, 0.2) is 97.2 Å². The van der Waals surface area contributed by atoms with Crippen molar-refractivity contribution in [3.63, 3.8) is 0 Å². The average molecular weight is 1050 g/mol. The van der Waals surface area contributed by atoms with Gasteiger partial charge in [0, 0.05) is 12.8 Å². The molecule has 9 nitrogen and oxygen atoms in total. The first-order valence-corrected chi connectivity index (χ1v) is 31.4. The number of nitrogens with zero attached hydrogens (tertiary/aromatic N) is 1. The van der Waals surface area contributed by atoms with Gasteiger partial charge in [0.1, 0.15) is 19.8 Å². The van der Waals surface area contributed by atoms with Crippen molar-refractivity contribution in [1.29, 1.82) is 0 Å². The van der Waals surface area contributed by atoms with Crippen molar-refractivity contribution in [2.75, 3.05) is 47.5 Å². The number of carbonyl (C=O) groups is 2. The molecule has 0 radical (unpaired) electrons. The van der Waals surface area contributed by atoms with E-state index >= 15 is 0 Å². The van der Waals surface area contributed by atoms with Crippen LogP contribution in [0.2, 0.25) is 0 Å². The van der Waals surface area contributed by atoms with E-state index in [0.717, 1.165) is 109 Å². The molecule has 0 amide bonds. The summed E-state index contributed by atoms with van der Waals surface area (Å²) < 4.78 is 34.0. The number of hydrogen-bond acceptors (Lipinski definition) is 8. The Kier molecular flexibility index (Phi) is 52.4. The summed E-state index contributed by atoms with van der Waals surface area (Å²) in [5.74, 6) is -0.844. The molecule has 426 valence electrons. The summed E-state index contributed by atoms with van der Waals surface area (Å²) >= 11 is 0. The summed E-state index contributed by atoms with van der Waals surface area (Å²) in [5, 5.41) is 0. The fraction of sp³-hybridized carbons (Fsp3) is 0.719. The van der Waals surface area contributed by atoms with Gasteiger partial charge in [-0.3, -0.25) is 14.2 Å². The second-order valence-corrected chi connectivity index (χ2v) is 22.4. The molecule has 2 atom stereocenters. The number of phosphoric ester groups is 1. The van der Waals surface area contributed by atoms with Crippen LogP contribution in [0.5, 0.6) is 0 Å². The molecule has 0 fully saturated rings. The van der Waals surface area contributed by atoms with Crippen molar-refractivity contribution in [2.45, 2.75) is 251 Å². The van der Waals surface area contributed by atoms with Crippen LogP contribution in [0, 0.1) is 0 Å². The summed E-state index contributed by atoms with van der Waals surface area (Å²) in [4.78, 5) is 37.7. The Morgan fingerprint density at radius 3 is 1.16 bits per heavy atom. The smallest absolute Gasteiger partial charge is 0.306 e. The largest absolute Gasteiger partial charge is 0.756 e. The molecule has 0 bridgehead atoms. The van der Waals surface area contributed by atoms with Crippen LogP contribution in [0.1, 0.15) is 245 Å². The van der Waals surface area contributed by atoms with E-state index in [0.29, 0.717) is 17.4 Å². The Morgan fingerprint density at radius 2 is 0.770 bits per heavy atom. The molecule has 0 rings (SSSR count). The highest BCUT2D eigenvalue weighted by Gasteiger charge is 2.22. The van der Waals surface area contributed by atoms with Gasteiger partial charge in [0.25, 0.3) is 7.82 Å². The Morgan fingerprint density at radius 1 is 0.432 bits per heavy atom. The number of carbonyl (C=O) groups excluding carboxylic acids is 2. The molecule has 0 aromatic heterocycles. The lowest BCUT2D eigenvalue weighted by Gasteiger charge is -2.28. The molecule has 0 aliphatic heterocycles. The maximum absolute atomic E-state index is 12.8. The molecule has 0 aliphatic carbocycles. The van der Waals surface area contributed by atoms with Crippen molar-refractivity contribution < 1.29 is 42.1 Å². The molecule has 0 N–H and O–H groups in total. The van der Waals surface area contributed by atoms with Crippen LogP contribution < -0.4 is 4.89 Å². The molecule has 10 heteroatoms. The number of rotatable bonds is 54. The van der Waals surface area contributed by atoms with Gasteiger partial charge in [-0.15, -0.1) is 0 Å². The Hall–Kier alpha value is -3.07. The Balaban J connectivity index is 3.95. The molecule has 0 aliphatic rings. The fourth-order valence-electron chi connectivity index (χ4n) is 7.97. The van der Waals surface area contributed by atoms with Crippen molar-refractivity contribution >= 4 is 19.8 Å². The van der Waals surface area contributed by atoms with E-state index in [9.17, 15) is 19.0 Å². The van der Waals surface area contributed by atoms with E-state index in [1.807, 2.05) is 21.1 Å². The number of phosphoric acid groups is 1. The zero-order valence-electron chi connectivity index (χ0n) is 48.3. The topological polar surface area (TPSA) is 111 Å². The highest BCUT2D eigenvalue weighted by molar-refractivity contribution is 7.45. The summed E-state index contributed by atoms with van der Waals surface area (Å²) in [7, 11) is 1.16. The molecular formula is C64H112NO8P. The average Bonchev–Trinajstić information content (AvgIpc) is 3.36. The quantitative estimate of drug-likeness (QED) is 0.0195. The van der Waals surface area contributed by atoms with Crippen molar-refractivity contribution in [1.82, 2.24) is 0 Å². The third-order valence-corrected chi connectivity index (χ3v) is 13.6. The molecule has 0 heterocycles. The van der Waals surface area contributed by atoms with Gasteiger partial charge in [0.15, 0.2) is 6.10 Å². The Labute approximate surface area is 455 Å². The van der Waals surface area contributed by atoms with Gasteiger partial charge in [-0.1, -0.05) is 239 Å². The molecule has 0 aromatic carbocycles. The standard InChI is InChI=1S/C64H112NO8P/c1-6-8-10-12-14-16-18-19-20-21-22-23-24-25-26-27-28-29-30-31-32-33-34-35-36-37-38-39-40-41-42-43-44-45-47-49-51-53-55-57-64(67)73-62(61-72-74(68,69)71-59-58-65(3,4)5)60-70-63(66)56-54-52-50-48-46-17-15-13-11-9-7-2/h8,10,13-16,19-20,22-23,25-26,28-29,31-32,62H,6-7,9,11-12,17-18,21,24,27,30,33-61H2,1-5H3/b10-8-,15-13-,16-14-,20-19-,23-22-,26-25-,29-28-,32-31-. The molecule has 74 heavy (non-hydrogen) atoms. The summed E-state index contributed by atoms with van der Waals surface area (Å²) in [6.45, 7) is 4.07. The minimum atomic E-state index is -4.63. The first-order chi connectivity index (χ1) is 36.0. The number of likely N-dealkylation sites (N-methyl/N-ethyl adjacent to an activating group) is 1. The van der Waals surface area contributed by atoms with Gasteiger partial charge in [-0.05, 0) is 89.9 Å². The van der Waals surface area contributed by atoms with Crippen molar-refractivity contribution in [2.24, 2.45) is 0 Å². The second-order valence-electron chi connectivity index (χ2n) is 21.0. The lowest BCUT2D eigenvalue weighted by Crippen LogP contribution is -2.37. The molecule has 2 unspecified atom stereocenters. The summed E-state index contributed by atoms with van der Waals surface area (Å²) in [6.07, 6.45) is 74.8. The van der Waals surface area contributed by atoms with Gasteiger partial charge in [0.05, 0.1) is 27.7 Å². The highest BCUT2D eigenvalue weighted by Crippen LogP contribution is 2.38. The van der Waals surface area contributed by atoms with Crippen molar-refractivity contribution in [3.05, 3.63) is 97.2 Å². The summed E-state index contributed by atoms with van der Waals surface area (Å²) in [6, 6.07) is 0. The second kappa shape index (κ2) is 54.7. The fourth-order valence-corrected chi connectivity index (χ4v) is 8.70. The molecule has 0 aromatic rings. The molecule has 0 spiro atoms. The maximum Gasteiger partial charge on any atom is 0.306 e. The first kappa shape index (κ1) is 70.9. The minimum absolute atomic E-state index is 0.0340. The van der Waals surface area contributed by atoms with Crippen molar-refractivity contribution in [3.8, 4) is 0 Å². The van der Waals surface area contributed by atoms with Crippen LogP contribution in [0.25, 0.3) is 0 Å². The normalized spacial score (nSPS) is 14.0. The number of ether oxygens (including phenoxy) is 2. The predicted octanol–water partition coefficient (Wildman–Crippen LogP) is 18.2. The lowest BCUT2D eigenvalue weighted by molar-refractivity contribution is -0.870.